The molecule has 0 spiro atoms. The maximum Gasteiger partial charge on any atom is 0.352 e. The topological polar surface area (TPSA) is 107 Å². The van der Waals surface area contributed by atoms with Crippen LogP contribution in [0.25, 0.3) is 5.57 Å². The Morgan fingerprint density at radius 1 is 1.36 bits per heavy atom. The summed E-state index contributed by atoms with van der Waals surface area (Å²) in [7, 11) is 1.52. The molecule has 1 radical (unpaired) electrons. The normalized spacial score (nSPS) is 22.7. The molecule has 1 aromatic rings. The fourth-order valence-corrected chi connectivity index (χ4v) is 3.52. The van der Waals surface area contributed by atoms with Gasteiger partial charge in [-0.15, -0.1) is 0 Å². The number of nitrogens with one attached hydrogen (secondary N) is 1. The van der Waals surface area contributed by atoms with Crippen LogP contribution in [0.15, 0.2) is 30.0 Å². The molecule has 1 fully saturated rings. The molecule has 127 valence electrons. The Kier molecular flexibility index (Phi) is 5.73. The van der Waals surface area contributed by atoms with Crippen LogP contribution in [0.2, 0.25) is 0 Å². The van der Waals surface area contributed by atoms with E-state index in [1.807, 2.05) is 0 Å². The predicted octanol–water partition coefficient (Wildman–Crippen LogP) is 0.0726. The average molecular weight is 353 g/mol. The van der Waals surface area contributed by atoms with Gasteiger partial charge in [0.2, 0.25) is 5.91 Å². The van der Waals surface area contributed by atoms with E-state index in [0.29, 0.717) is 23.1 Å². The molecule has 2 amide bonds. The van der Waals surface area contributed by atoms with Gasteiger partial charge in [0.1, 0.15) is 5.70 Å². The summed E-state index contributed by atoms with van der Waals surface area (Å²) < 4.78 is 0. The molecule has 1 saturated heterocycles. The Morgan fingerprint density at radius 2 is 2.04 bits per heavy atom. The molecule has 0 aromatic heterocycles. The Bertz CT molecular complexity index is 774. The van der Waals surface area contributed by atoms with Gasteiger partial charge in [-0.25, -0.2) is 4.79 Å². The van der Waals surface area contributed by atoms with Crippen LogP contribution < -0.4 is 5.32 Å². The van der Waals surface area contributed by atoms with E-state index in [1.54, 1.807) is 24.3 Å². The van der Waals surface area contributed by atoms with Crippen molar-refractivity contribution in [2.24, 2.45) is 5.92 Å². The molecule has 8 heteroatoms. The quantitative estimate of drug-likeness (QED) is 0.525. The van der Waals surface area contributed by atoms with E-state index in [9.17, 15) is 24.6 Å². The zero-order chi connectivity index (χ0) is 17.6. The fourth-order valence-electron chi connectivity index (χ4n) is 3.52. The van der Waals surface area contributed by atoms with Gasteiger partial charge in [0, 0.05) is 42.2 Å². The van der Waals surface area contributed by atoms with E-state index in [0.717, 1.165) is 0 Å². The number of amides is 2. The summed E-state index contributed by atoms with van der Waals surface area (Å²) in [5.41, 5.74) is 1.46. The van der Waals surface area contributed by atoms with Gasteiger partial charge >= 0.3 is 5.97 Å². The van der Waals surface area contributed by atoms with Crippen LogP contribution in [-0.4, -0.2) is 81.6 Å². The standard InChI is InChI=1S/C17H18N2O5.Na/c1-8(20)13-12-7-11(14(17(23)24)19(12)16(13)22)9-4-3-5-10(6-9)15(21)18-2;/h3-6,8,12-13,20H,7H2,1-2H3,(H,18,21)(H,23,24);/t8-,12-,13-;/m1./s1. The van der Waals surface area contributed by atoms with E-state index in [-0.39, 0.29) is 53.1 Å². The van der Waals surface area contributed by atoms with Gasteiger partial charge in [-0.3, -0.25) is 9.59 Å². The summed E-state index contributed by atoms with van der Waals surface area (Å²) in [6.45, 7) is 1.53. The first-order chi connectivity index (χ1) is 11.4. The van der Waals surface area contributed by atoms with Crippen molar-refractivity contribution in [2.75, 3.05) is 7.05 Å². The Morgan fingerprint density at radius 3 is 2.60 bits per heavy atom. The average Bonchev–Trinajstić information content (AvgIpc) is 2.89. The van der Waals surface area contributed by atoms with Crippen LogP contribution in [0.1, 0.15) is 29.3 Å². The van der Waals surface area contributed by atoms with Crippen LogP contribution in [-0.2, 0) is 9.59 Å². The zero-order valence-electron chi connectivity index (χ0n) is 14.3. The number of carboxylic acids is 1. The van der Waals surface area contributed by atoms with Crippen LogP contribution in [0.3, 0.4) is 0 Å². The molecule has 7 nitrogen and oxygen atoms in total. The van der Waals surface area contributed by atoms with Crippen molar-refractivity contribution >= 4 is 52.9 Å². The Labute approximate surface area is 167 Å². The van der Waals surface area contributed by atoms with Gasteiger partial charge in [0.15, 0.2) is 0 Å². The van der Waals surface area contributed by atoms with Crippen molar-refractivity contribution in [1.82, 2.24) is 10.2 Å². The first kappa shape index (κ1) is 19.7. The number of rotatable bonds is 4. The van der Waals surface area contributed by atoms with Crippen LogP contribution in [0.4, 0.5) is 0 Å². The second-order valence-electron chi connectivity index (χ2n) is 6.04. The molecule has 25 heavy (non-hydrogen) atoms. The number of hydrogen-bond donors (Lipinski definition) is 3. The van der Waals surface area contributed by atoms with Crippen molar-refractivity contribution in [3.8, 4) is 0 Å². The summed E-state index contributed by atoms with van der Waals surface area (Å²) in [5, 5.41) is 21.8. The van der Waals surface area contributed by atoms with Gasteiger partial charge in [0.05, 0.1) is 18.1 Å². The molecule has 3 N–H and O–H groups in total. The maximum atomic E-state index is 12.2. The molecule has 2 aliphatic rings. The van der Waals surface area contributed by atoms with E-state index >= 15 is 0 Å². The minimum absolute atomic E-state index is 0. The summed E-state index contributed by atoms with van der Waals surface area (Å²) in [6.07, 6.45) is -0.481. The van der Waals surface area contributed by atoms with Crippen LogP contribution >= 0.6 is 0 Å². The number of carbonyl (C=O) groups is 3. The number of nitrogens with zero attached hydrogens (tertiary/aromatic N) is 1. The predicted molar refractivity (Wildman–Crippen MR) is 90.6 cm³/mol. The summed E-state index contributed by atoms with van der Waals surface area (Å²) in [6, 6.07) is 6.30. The zero-order valence-corrected chi connectivity index (χ0v) is 16.3. The number of carbonyl (C=O) groups excluding carboxylic acids is 2. The van der Waals surface area contributed by atoms with Crippen molar-refractivity contribution in [1.29, 1.82) is 0 Å². The van der Waals surface area contributed by atoms with Gasteiger partial charge in [-0.05, 0) is 36.6 Å². The van der Waals surface area contributed by atoms with Crippen molar-refractivity contribution in [3.63, 3.8) is 0 Å². The molecule has 3 rings (SSSR count). The van der Waals surface area contributed by atoms with Gasteiger partial charge in [-0.1, -0.05) is 12.1 Å². The number of aliphatic carboxylic acids is 1. The summed E-state index contributed by atoms with van der Waals surface area (Å²) in [5.74, 6) is -2.41. The monoisotopic (exact) mass is 353 g/mol. The molecule has 0 unspecified atom stereocenters. The smallest absolute Gasteiger partial charge is 0.352 e. The summed E-state index contributed by atoms with van der Waals surface area (Å²) in [4.78, 5) is 36.9. The number of carboxylic acid groups (broad SMARTS) is 1. The Hall–Kier alpha value is -1.67. The minimum atomic E-state index is -1.18. The number of benzene rings is 1. The van der Waals surface area contributed by atoms with Crippen molar-refractivity contribution in [2.45, 2.75) is 25.5 Å². The van der Waals surface area contributed by atoms with E-state index in [4.69, 9.17) is 0 Å². The van der Waals surface area contributed by atoms with E-state index in [2.05, 4.69) is 5.32 Å². The number of aliphatic hydroxyl groups is 1. The van der Waals surface area contributed by atoms with Crippen molar-refractivity contribution < 1.29 is 24.6 Å². The van der Waals surface area contributed by atoms with Gasteiger partial charge in [-0.2, -0.15) is 0 Å². The molecule has 0 bridgehead atoms. The molecule has 1 aromatic carbocycles. The minimum Gasteiger partial charge on any atom is -0.477 e. The van der Waals surface area contributed by atoms with Crippen LogP contribution in [0.5, 0.6) is 0 Å². The van der Waals surface area contributed by atoms with Gasteiger partial charge in [0.25, 0.3) is 5.91 Å². The second kappa shape index (κ2) is 7.29. The summed E-state index contributed by atoms with van der Waals surface area (Å²) >= 11 is 0. The SMILES string of the molecule is CNC(=O)c1cccc(C2=C(C(=O)O)N3C(=O)[C@H]([C@@H](C)O)[C@H]3C2)c1.[Na]. The molecule has 2 heterocycles. The maximum absolute atomic E-state index is 12.2. The van der Waals surface area contributed by atoms with E-state index < -0.39 is 18.0 Å². The molecular weight excluding hydrogens is 335 g/mol. The first-order valence-corrected chi connectivity index (χ1v) is 7.67. The molecule has 0 aliphatic carbocycles. The van der Waals surface area contributed by atoms with E-state index in [1.165, 1.54) is 18.9 Å². The van der Waals surface area contributed by atoms with Crippen molar-refractivity contribution in [3.05, 3.63) is 41.1 Å². The first-order valence-electron chi connectivity index (χ1n) is 7.67. The number of aliphatic hydroxyl groups excluding tert-OH is 1. The number of fused-ring (bicyclic) bond motifs is 1. The third kappa shape index (κ3) is 3.13. The third-order valence-corrected chi connectivity index (χ3v) is 4.63. The molecule has 3 atom stereocenters. The van der Waals surface area contributed by atoms with Gasteiger partial charge < -0.3 is 20.4 Å². The molecule has 0 saturated carbocycles. The molecule has 2 aliphatic heterocycles. The second-order valence-corrected chi connectivity index (χ2v) is 6.04. The number of hydrogen-bond acceptors (Lipinski definition) is 4. The third-order valence-electron chi connectivity index (χ3n) is 4.63. The van der Waals surface area contributed by atoms with Crippen LogP contribution in [0, 0.1) is 5.92 Å². The molecular formula is C17H18N2NaO5. The number of β-lactam (4-membered cyclic amide) rings is 1. The Balaban J connectivity index is 0.00000225. The fraction of sp³-hybridized carbons (Fsp3) is 0.353. The largest absolute Gasteiger partial charge is 0.477 e.